The van der Waals surface area contributed by atoms with Gasteiger partial charge in [0.15, 0.2) is 6.23 Å². The summed E-state index contributed by atoms with van der Waals surface area (Å²) < 4.78 is 0. The minimum absolute atomic E-state index is 0.219. The van der Waals surface area contributed by atoms with Gasteiger partial charge in [-0.25, -0.2) is 4.79 Å². The summed E-state index contributed by atoms with van der Waals surface area (Å²) in [6.45, 7) is 1.78. The van der Waals surface area contributed by atoms with E-state index in [1.807, 2.05) is 18.2 Å². The molecule has 0 aromatic heterocycles. The van der Waals surface area contributed by atoms with Crippen LogP contribution in [0.2, 0.25) is 0 Å². The zero-order valence-corrected chi connectivity index (χ0v) is 12.2. The number of carbonyl (C=O) groups is 2. The van der Waals surface area contributed by atoms with Gasteiger partial charge >= 0.3 is 5.97 Å². The number of nitrogens with zero attached hydrogens (tertiary/aromatic N) is 1. The molecule has 1 amide bonds. The molecule has 2 unspecified atom stereocenters. The zero-order valence-electron chi connectivity index (χ0n) is 12.2. The van der Waals surface area contributed by atoms with Gasteiger partial charge in [-0.1, -0.05) is 37.3 Å². The number of hydrogen-bond acceptors (Lipinski definition) is 4. The quantitative estimate of drug-likeness (QED) is 0.871. The average molecular weight is 291 g/mol. The molecule has 1 saturated heterocycles. The lowest BCUT2D eigenvalue weighted by atomic mass is 10.0. The third kappa shape index (κ3) is 4.29. The van der Waals surface area contributed by atoms with E-state index in [9.17, 15) is 14.7 Å². The SMILES string of the molecule is CC(CCCc1ccccc1)C(=O)ON1C(=O)CCC1O. The molecule has 21 heavy (non-hydrogen) atoms. The van der Waals surface area contributed by atoms with E-state index in [-0.39, 0.29) is 18.2 Å². The molecule has 5 nitrogen and oxygen atoms in total. The maximum Gasteiger partial charge on any atom is 0.335 e. The molecule has 1 fully saturated rings. The molecule has 5 heteroatoms. The maximum atomic E-state index is 11.9. The number of benzene rings is 1. The molecule has 1 aliphatic heterocycles. The van der Waals surface area contributed by atoms with Crippen molar-refractivity contribution in [1.29, 1.82) is 0 Å². The van der Waals surface area contributed by atoms with Crippen LogP contribution < -0.4 is 0 Å². The summed E-state index contributed by atoms with van der Waals surface area (Å²) in [6, 6.07) is 10.1. The molecule has 114 valence electrons. The molecular formula is C16H21NO4. The van der Waals surface area contributed by atoms with Crippen LogP contribution in [0.4, 0.5) is 0 Å². The van der Waals surface area contributed by atoms with Crippen LogP contribution in [0.15, 0.2) is 30.3 Å². The normalized spacial score (nSPS) is 19.6. The fraction of sp³-hybridized carbons (Fsp3) is 0.500. The van der Waals surface area contributed by atoms with Gasteiger partial charge in [0.25, 0.3) is 5.91 Å². The second kappa shape index (κ2) is 7.22. The summed E-state index contributed by atoms with van der Waals surface area (Å²) >= 11 is 0. The molecule has 2 atom stereocenters. The molecule has 1 heterocycles. The Labute approximate surface area is 124 Å². The number of hydrogen-bond donors (Lipinski definition) is 1. The van der Waals surface area contributed by atoms with Gasteiger partial charge in [-0.2, -0.15) is 0 Å². The van der Waals surface area contributed by atoms with Crippen LogP contribution in [0.5, 0.6) is 0 Å². The molecule has 0 saturated carbocycles. The predicted octanol–water partition coefficient (Wildman–Crippen LogP) is 2.04. The van der Waals surface area contributed by atoms with Crippen molar-refractivity contribution in [2.24, 2.45) is 5.92 Å². The van der Waals surface area contributed by atoms with Crippen LogP contribution in [0.3, 0.4) is 0 Å². The highest BCUT2D eigenvalue weighted by Crippen LogP contribution is 2.19. The number of aliphatic hydroxyl groups excluding tert-OH is 1. The molecule has 1 aromatic carbocycles. The first-order valence-electron chi connectivity index (χ1n) is 7.34. The van der Waals surface area contributed by atoms with E-state index in [1.54, 1.807) is 6.92 Å². The summed E-state index contributed by atoms with van der Waals surface area (Å²) in [5, 5.41) is 10.3. The minimum atomic E-state index is -1.00. The molecule has 0 spiro atoms. The van der Waals surface area contributed by atoms with Crippen LogP contribution in [-0.4, -0.2) is 28.3 Å². The molecule has 0 aliphatic carbocycles. The minimum Gasteiger partial charge on any atom is -0.370 e. The van der Waals surface area contributed by atoms with Crippen LogP contribution in [-0.2, 0) is 20.8 Å². The van der Waals surface area contributed by atoms with Crippen molar-refractivity contribution in [2.75, 3.05) is 0 Å². The van der Waals surface area contributed by atoms with Crippen molar-refractivity contribution in [1.82, 2.24) is 5.06 Å². The highest BCUT2D eigenvalue weighted by molar-refractivity contribution is 5.80. The van der Waals surface area contributed by atoms with E-state index in [1.165, 1.54) is 5.56 Å². The van der Waals surface area contributed by atoms with Crippen molar-refractivity contribution < 1.29 is 19.5 Å². The lowest BCUT2D eigenvalue weighted by Gasteiger charge is -2.20. The van der Waals surface area contributed by atoms with Gasteiger partial charge in [0, 0.05) is 12.8 Å². The first kappa shape index (κ1) is 15.5. The van der Waals surface area contributed by atoms with E-state index in [0.717, 1.165) is 17.9 Å². The molecular weight excluding hydrogens is 270 g/mol. The number of rotatable bonds is 6. The Morgan fingerprint density at radius 3 is 2.76 bits per heavy atom. The third-order valence-electron chi connectivity index (χ3n) is 3.67. The predicted molar refractivity (Wildman–Crippen MR) is 76.7 cm³/mol. The van der Waals surface area contributed by atoms with E-state index < -0.39 is 12.2 Å². The van der Waals surface area contributed by atoms with Crippen molar-refractivity contribution in [3.63, 3.8) is 0 Å². The molecule has 2 rings (SSSR count). The smallest absolute Gasteiger partial charge is 0.335 e. The van der Waals surface area contributed by atoms with E-state index in [0.29, 0.717) is 12.8 Å². The van der Waals surface area contributed by atoms with Crippen molar-refractivity contribution >= 4 is 11.9 Å². The van der Waals surface area contributed by atoms with Crippen LogP contribution >= 0.6 is 0 Å². The Balaban J connectivity index is 1.74. The Hall–Kier alpha value is -1.88. The fourth-order valence-electron chi connectivity index (χ4n) is 2.32. The van der Waals surface area contributed by atoms with Crippen molar-refractivity contribution in [3.05, 3.63) is 35.9 Å². The van der Waals surface area contributed by atoms with Crippen molar-refractivity contribution in [2.45, 2.75) is 45.3 Å². The van der Waals surface area contributed by atoms with Gasteiger partial charge in [-0.05, 0) is 24.8 Å². The fourth-order valence-corrected chi connectivity index (χ4v) is 2.32. The zero-order chi connectivity index (χ0) is 15.2. The van der Waals surface area contributed by atoms with Crippen LogP contribution in [0, 0.1) is 5.92 Å². The Kier molecular flexibility index (Phi) is 5.33. The first-order chi connectivity index (χ1) is 10.1. The third-order valence-corrected chi connectivity index (χ3v) is 3.67. The molecule has 1 N–H and O–H groups in total. The van der Waals surface area contributed by atoms with E-state index in [2.05, 4.69) is 12.1 Å². The van der Waals surface area contributed by atoms with Gasteiger partial charge in [-0.15, -0.1) is 5.06 Å². The van der Waals surface area contributed by atoms with Gasteiger partial charge in [0.05, 0.1) is 5.92 Å². The average Bonchev–Trinajstić information content (AvgIpc) is 2.80. The van der Waals surface area contributed by atoms with Gasteiger partial charge in [0.1, 0.15) is 0 Å². The van der Waals surface area contributed by atoms with E-state index >= 15 is 0 Å². The molecule has 0 bridgehead atoms. The van der Waals surface area contributed by atoms with Gasteiger partial charge in [-0.3, -0.25) is 4.79 Å². The Morgan fingerprint density at radius 2 is 2.14 bits per heavy atom. The van der Waals surface area contributed by atoms with Crippen molar-refractivity contribution in [3.8, 4) is 0 Å². The van der Waals surface area contributed by atoms with Crippen LogP contribution in [0.1, 0.15) is 38.2 Å². The summed E-state index contributed by atoms with van der Waals surface area (Å²) in [5.41, 5.74) is 1.24. The summed E-state index contributed by atoms with van der Waals surface area (Å²) in [4.78, 5) is 28.3. The summed E-state index contributed by atoms with van der Waals surface area (Å²) in [7, 11) is 0. The number of aryl methyl sites for hydroxylation is 1. The second-order valence-corrected chi connectivity index (χ2v) is 5.43. The number of aliphatic hydroxyl groups is 1. The summed E-state index contributed by atoms with van der Waals surface area (Å²) in [5.74, 6) is -1.10. The number of amides is 1. The monoisotopic (exact) mass is 291 g/mol. The maximum absolute atomic E-state index is 11.9. The largest absolute Gasteiger partial charge is 0.370 e. The van der Waals surface area contributed by atoms with Gasteiger partial charge < -0.3 is 9.94 Å². The molecule has 0 radical (unpaired) electrons. The second-order valence-electron chi connectivity index (χ2n) is 5.43. The van der Waals surface area contributed by atoms with E-state index in [4.69, 9.17) is 4.84 Å². The topological polar surface area (TPSA) is 66.8 Å². The lowest BCUT2D eigenvalue weighted by molar-refractivity contribution is -0.223. The Morgan fingerprint density at radius 1 is 1.43 bits per heavy atom. The summed E-state index contributed by atoms with van der Waals surface area (Å²) in [6.07, 6.45) is 2.00. The standard InChI is InChI=1S/C16H21NO4/c1-12(6-5-9-13-7-3-2-4-8-13)16(20)21-17-14(18)10-11-15(17)19/h2-4,7-8,12,14,18H,5-6,9-11H2,1H3. The molecule has 1 aliphatic rings. The Bertz CT molecular complexity index is 488. The number of carbonyl (C=O) groups excluding carboxylic acids is 2. The first-order valence-corrected chi connectivity index (χ1v) is 7.34. The lowest BCUT2D eigenvalue weighted by Crippen LogP contribution is -2.36. The molecule has 1 aromatic rings. The highest BCUT2D eigenvalue weighted by atomic mass is 16.7. The van der Waals surface area contributed by atoms with Gasteiger partial charge in [0.2, 0.25) is 0 Å². The highest BCUT2D eigenvalue weighted by Gasteiger charge is 2.33. The van der Waals surface area contributed by atoms with Crippen LogP contribution in [0.25, 0.3) is 0 Å². The number of hydroxylamine groups is 2.